The molecule has 0 aromatic carbocycles. The Bertz CT molecular complexity index is 372. The molecule has 0 radical (unpaired) electrons. The van der Waals surface area contributed by atoms with E-state index in [4.69, 9.17) is 4.74 Å². The number of hydrogen-bond donors (Lipinski definition) is 0. The molecule has 0 amide bonds. The van der Waals surface area contributed by atoms with Gasteiger partial charge in [0.1, 0.15) is 12.3 Å². The Balaban J connectivity index is 2.46. The van der Waals surface area contributed by atoms with E-state index in [-0.39, 0.29) is 12.4 Å². The molecule has 0 fully saturated rings. The van der Waals surface area contributed by atoms with E-state index in [9.17, 15) is 4.79 Å². The molecule has 3 nitrogen and oxygen atoms in total. The van der Waals surface area contributed by atoms with E-state index in [0.717, 1.165) is 11.3 Å². The molecule has 0 saturated carbocycles. The summed E-state index contributed by atoms with van der Waals surface area (Å²) < 4.78 is 5.12. The second-order valence-corrected chi connectivity index (χ2v) is 3.81. The largest absolute Gasteiger partial charge is 0.368 e. The van der Waals surface area contributed by atoms with Crippen molar-refractivity contribution in [3.8, 4) is 0 Å². The molecule has 0 atom stereocenters. The van der Waals surface area contributed by atoms with Crippen molar-refractivity contribution in [3.63, 3.8) is 0 Å². The Labute approximate surface area is 83.1 Å². The predicted octanol–water partition coefficient (Wildman–Crippen LogP) is 1.92. The SMILES string of the molecule is CC(C)c1ccc2c(n1)C(=O)COC2. The molecule has 1 aliphatic rings. The Hall–Kier alpha value is -1.22. The van der Waals surface area contributed by atoms with Crippen LogP contribution in [0.3, 0.4) is 0 Å². The van der Waals surface area contributed by atoms with Crippen LogP contribution in [0.15, 0.2) is 12.1 Å². The maximum atomic E-state index is 11.5. The van der Waals surface area contributed by atoms with Gasteiger partial charge in [0.25, 0.3) is 0 Å². The summed E-state index contributed by atoms with van der Waals surface area (Å²) in [6.45, 7) is 4.81. The number of nitrogens with zero attached hydrogens (tertiary/aromatic N) is 1. The van der Waals surface area contributed by atoms with Gasteiger partial charge in [0.2, 0.25) is 5.78 Å². The summed E-state index contributed by atoms with van der Waals surface area (Å²) in [6.07, 6.45) is 0. The van der Waals surface area contributed by atoms with E-state index in [1.54, 1.807) is 0 Å². The van der Waals surface area contributed by atoms with Gasteiger partial charge in [-0.25, -0.2) is 4.98 Å². The molecule has 0 bridgehead atoms. The van der Waals surface area contributed by atoms with Gasteiger partial charge in [-0.3, -0.25) is 4.79 Å². The van der Waals surface area contributed by atoms with Gasteiger partial charge in [-0.2, -0.15) is 0 Å². The minimum Gasteiger partial charge on any atom is -0.368 e. The van der Waals surface area contributed by atoms with Crippen LogP contribution >= 0.6 is 0 Å². The summed E-state index contributed by atoms with van der Waals surface area (Å²) in [5, 5.41) is 0. The minimum absolute atomic E-state index is 0.00579. The first kappa shape index (κ1) is 9.34. The van der Waals surface area contributed by atoms with Gasteiger partial charge in [0.05, 0.1) is 6.61 Å². The standard InChI is InChI=1S/C11H13NO2/c1-7(2)9-4-3-8-5-14-6-10(13)11(8)12-9/h3-4,7H,5-6H2,1-2H3. The Morgan fingerprint density at radius 2 is 2.14 bits per heavy atom. The average Bonchev–Trinajstić information content (AvgIpc) is 2.18. The van der Waals surface area contributed by atoms with Crippen molar-refractivity contribution in [1.82, 2.24) is 4.98 Å². The third-order valence-electron chi connectivity index (χ3n) is 2.35. The van der Waals surface area contributed by atoms with Gasteiger partial charge in [0.15, 0.2) is 0 Å². The van der Waals surface area contributed by atoms with Crippen molar-refractivity contribution in [3.05, 3.63) is 29.1 Å². The number of hydrogen-bond acceptors (Lipinski definition) is 3. The van der Waals surface area contributed by atoms with E-state index < -0.39 is 0 Å². The second kappa shape index (κ2) is 3.50. The molecule has 74 valence electrons. The lowest BCUT2D eigenvalue weighted by molar-refractivity contribution is 0.0656. The van der Waals surface area contributed by atoms with E-state index >= 15 is 0 Å². The van der Waals surface area contributed by atoms with Crippen LogP contribution in [0.25, 0.3) is 0 Å². The molecule has 0 saturated heterocycles. The maximum Gasteiger partial charge on any atom is 0.207 e. The summed E-state index contributed by atoms with van der Waals surface area (Å²) in [4.78, 5) is 15.8. The van der Waals surface area contributed by atoms with Crippen molar-refractivity contribution < 1.29 is 9.53 Å². The van der Waals surface area contributed by atoms with Crippen LogP contribution in [0.5, 0.6) is 0 Å². The third kappa shape index (κ3) is 1.55. The van der Waals surface area contributed by atoms with Crippen LogP contribution in [0, 0.1) is 0 Å². The zero-order valence-electron chi connectivity index (χ0n) is 8.41. The number of carbonyl (C=O) groups excluding carboxylic acids is 1. The Kier molecular flexibility index (Phi) is 2.33. The minimum atomic E-state index is -0.00579. The molecule has 2 heterocycles. The van der Waals surface area contributed by atoms with Crippen molar-refractivity contribution in [2.75, 3.05) is 6.61 Å². The summed E-state index contributed by atoms with van der Waals surface area (Å²) in [7, 11) is 0. The summed E-state index contributed by atoms with van der Waals surface area (Å²) in [6, 6.07) is 3.90. The number of fused-ring (bicyclic) bond motifs is 1. The van der Waals surface area contributed by atoms with Gasteiger partial charge in [-0.05, 0) is 12.0 Å². The number of carbonyl (C=O) groups is 1. The monoisotopic (exact) mass is 191 g/mol. The fraction of sp³-hybridized carbons (Fsp3) is 0.455. The lowest BCUT2D eigenvalue weighted by Crippen LogP contribution is -2.20. The first-order valence-corrected chi connectivity index (χ1v) is 4.79. The van der Waals surface area contributed by atoms with Crippen LogP contribution in [0.2, 0.25) is 0 Å². The number of ketones is 1. The van der Waals surface area contributed by atoms with Crippen molar-refractivity contribution in [1.29, 1.82) is 0 Å². The number of ether oxygens (including phenoxy) is 1. The van der Waals surface area contributed by atoms with E-state index in [0.29, 0.717) is 18.2 Å². The quantitative estimate of drug-likeness (QED) is 0.680. The molecular weight excluding hydrogens is 178 g/mol. The molecule has 2 rings (SSSR count). The van der Waals surface area contributed by atoms with Crippen LogP contribution in [0.4, 0.5) is 0 Å². The number of rotatable bonds is 1. The second-order valence-electron chi connectivity index (χ2n) is 3.81. The lowest BCUT2D eigenvalue weighted by Gasteiger charge is -2.16. The summed E-state index contributed by atoms with van der Waals surface area (Å²) in [5.41, 5.74) is 2.48. The van der Waals surface area contributed by atoms with Gasteiger partial charge < -0.3 is 4.74 Å². The topological polar surface area (TPSA) is 39.2 Å². The normalized spacial score (nSPS) is 15.8. The Morgan fingerprint density at radius 3 is 2.86 bits per heavy atom. The summed E-state index contributed by atoms with van der Waals surface area (Å²) >= 11 is 0. The van der Waals surface area contributed by atoms with Crippen molar-refractivity contribution in [2.45, 2.75) is 26.4 Å². The van der Waals surface area contributed by atoms with Gasteiger partial charge in [-0.1, -0.05) is 19.9 Å². The first-order valence-electron chi connectivity index (χ1n) is 4.79. The first-order chi connectivity index (χ1) is 6.68. The highest BCUT2D eigenvalue weighted by atomic mass is 16.5. The zero-order valence-corrected chi connectivity index (χ0v) is 8.41. The Morgan fingerprint density at radius 1 is 1.36 bits per heavy atom. The number of Topliss-reactive ketones (excluding diaryl/α,β-unsaturated/α-hetero) is 1. The molecule has 3 heteroatoms. The van der Waals surface area contributed by atoms with Crippen molar-refractivity contribution >= 4 is 5.78 Å². The van der Waals surface area contributed by atoms with Crippen molar-refractivity contribution in [2.24, 2.45) is 0 Å². The van der Waals surface area contributed by atoms with E-state index in [2.05, 4.69) is 18.8 Å². The number of aromatic nitrogens is 1. The maximum absolute atomic E-state index is 11.5. The molecular formula is C11H13NO2. The van der Waals surface area contributed by atoms with Gasteiger partial charge >= 0.3 is 0 Å². The summed E-state index contributed by atoms with van der Waals surface area (Å²) in [5.74, 6) is 0.352. The zero-order chi connectivity index (χ0) is 10.1. The highest BCUT2D eigenvalue weighted by molar-refractivity contribution is 5.97. The molecule has 1 aliphatic heterocycles. The number of pyridine rings is 1. The van der Waals surface area contributed by atoms with Crippen LogP contribution in [0.1, 0.15) is 41.5 Å². The van der Waals surface area contributed by atoms with Gasteiger partial charge in [-0.15, -0.1) is 0 Å². The molecule has 0 aliphatic carbocycles. The highest BCUT2D eigenvalue weighted by Crippen LogP contribution is 2.18. The van der Waals surface area contributed by atoms with Crippen LogP contribution in [-0.4, -0.2) is 17.4 Å². The molecule has 0 unspecified atom stereocenters. The van der Waals surface area contributed by atoms with E-state index in [1.807, 2.05) is 12.1 Å². The molecule has 0 N–H and O–H groups in total. The predicted molar refractivity (Wildman–Crippen MR) is 52.3 cm³/mol. The highest BCUT2D eigenvalue weighted by Gasteiger charge is 2.19. The van der Waals surface area contributed by atoms with Gasteiger partial charge in [0, 0.05) is 11.3 Å². The smallest absolute Gasteiger partial charge is 0.207 e. The van der Waals surface area contributed by atoms with Crippen LogP contribution in [-0.2, 0) is 11.3 Å². The molecule has 14 heavy (non-hydrogen) atoms. The lowest BCUT2D eigenvalue weighted by atomic mass is 10.0. The fourth-order valence-electron chi connectivity index (χ4n) is 1.50. The van der Waals surface area contributed by atoms with E-state index in [1.165, 1.54) is 0 Å². The van der Waals surface area contributed by atoms with Crippen LogP contribution < -0.4 is 0 Å². The third-order valence-corrected chi connectivity index (χ3v) is 2.35. The fourth-order valence-corrected chi connectivity index (χ4v) is 1.50. The molecule has 1 aromatic heterocycles. The molecule has 0 spiro atoms. The average molecular weight is 191 g/mol. The molecule has 1 aromatic rings.